The van der Waals surface area contributed by atoms with Gasteiger partial charge in [0.05, 0.1) is 18.1 Å². The Morgan fingerprint density at radius 1 is 1.14 bits per heavy atom. The number of fused-ring (bicyclic) bond motifs is 1. The predicted molar refractivity (Wildman–Crippen MR) is 111 cm³/mol. The molecule has 0 aliphatic rings. The van der Waals surface area contributed by atoms with Gasteiger partial charge in [0.1, 0.15) is 12.4 Å². The molecule has 1 unspecified atom stereocenters. The number of hydrogen-bond donors (Lipinski definition) is 1. The van der Waals surface area contributed by atoms with Crippen LogP contribution in [0.4, 0.5) is 0 Å². The molecule has 1 atom stereocenters. The smallest absolute Gasteiger partial charge is 0.303 e. The van der Waals surface area contributed by atoms with Crippen LogP contribution in [0.1, 0.15) is 49.8 Å². The summed E-state index contributed by atoms with van der Waals surface area (Å²) in [6, 6.07) is 11.9. The van der Waals surface area contributed by atoms with Gasteiger partial charge in [0.2, 0.25) is 0 Å². The van der Waals surface area contributed by atoms with E-state index in [1.807, 2.05) is 37.4 Å². The molecule has 0 saturated heterocycles. The molecule has 1 N–H and O–H groups in total. The summed E-state index contributed by atoms with van der Waals surface area (Å²) in [4.78, 5) is 10.9. The maximum absolute atomic E-state index is 10.9. The quantitative estimate of drug-likeness (QED) is 0.586. The molecule has 0 spiro atoms. The van der Waals surface area contributed by atoms with E-state index in [1.165, 1.54) is 11.1 Å². The summed E-state index contributed by atoms with van der Waals surface area (Å²) in [6.45, 7) is 9.77. The number of aliphatic carboxylic acids is 1. The fraction of sp³-hybridized carbons (Fsp3) is 0.391. The minimum Gasteiger partial charge on any atom is -0.489 e. The minimum absolute atomic E-state index is 0.0185. The van der Waals surface area contributed by atoms with E-state index in [2.05, 4.69) is 42.7 Å². The molecular formula is C23H28N2O3. The first kappa shape index (κ1) is 19.9. The number of hydrogen-bond acceptors (Lipinski definition) is 3. The third kappa shape index (κ3) is 4.53. The Morgan fingerprint density at radius 3 is 2.50 bits per heavy atom. The summed E-state index contributed by atoms with van der Waals surface area (Å²) in [5, 5.41) is 14.6. The number of nitrogens with zero attached hydrogens (tertiary/aromatic N) is 2. The molecule has 0 saturated carbocycles. The van der Waals surface area contributed by atoms with Gasteiger partial charge in [-0.1, -0.05) is 45.0 Å². The zero-order chi connectivity index (χ0) is 20.3. The van der Waals surface area contributed by atoms with Crippen LogP contribution in [0, 0.1) is 12.8 Å². The third-order valence-electron chi connectivity index (χ3n) is 4.96. The van der Waals surface area contributed by atoms with Crippen LogP contribution in [-0.2, 0) is 17.9 Å². The van der Waals surface area contributed by atoms with Crippen molar-refractivity contribution in [2.24, 2.45) is 5.92 Å². The van der Waals surface area contributed by atoms with Crippen molar-refractivity contribution in [2.45, 2.75) is 53.2 Å². The molecule has 0 amide bonds. The summed E-state index contributed by atoms with van der Waals surface area (Å²) in [5.74, 6) is 0.503. The molecule has 0 fully saturated rings. The lowest BCUT2D eigenvalue weighted by Gasteiger charge is -2.12. The Bertz CT molecular complexity index is 958. The zero-order valence-electron chi connectivity index (χ0n) is 17.0. The molecule has 3 aromatic rings. The molecule has 5 heteroatoms. The molecule has 0 aliphatic carbocycles. The van der Waals surface area contributed by atoms with Gasteiger partial charge >= 0.3 is 5.97 Å². The Morgan fingerprint density at radius 2 is 1.86 bits per heavy atom. The number of benzene rings is 2. The fourth-order valence-electron chi connectivity index (χ4n) is 3.47. The van der Waals surface area contributed by atoms with Crippen molar-refractivity contribution in [3.63, 3.8) is 0 Å². The van der Waals surface area contributed by atoms with E-state index in [-0.39, 0.29) is 12.3 Å². The predicted octanol–water partition coefficient (Wildman–Crippen LogP) is 5.16. The second-order valence-corrected chi connectivity index (χ2v) is 7.88. The van der Waals surface area contributed by atoms with Crippen molar-refractivity contribution in [1.29, 1.82) is 0 Å². The van der Waals surface area contributed by atoms with Crippen molar-refractivity contribution >= 4 is 16.9 Å². The average Bonchev–Trinajstić information content (AvgIpc) is 3.05. The van der Waals surface area contributed by atoms with Crippen LogP contribution < -0.4 is 4.74 Å². The van der Waals surface area contributed by atoms with E-state index < -0.39 is 5.97 Å². The van der Waals surface area contributed by atoms with Gasteiger partial charge in [0.15, 0.2) is 0 Å². The highest BCUT2D eigenvalue weighted by atomic mass is 16.5. The van der Waals surface area contributed by atoms with Crippen molar-refractivity contribution < 1.29 is 14.6 Å². The van der Waals surface area contributed by atoms with Crippen molar-refractivity contribution in [1.82, 2.24) is 9.78 Å². The lowest BCUT2D eigenvalue weighted by molar-refractivity contribution is -0.137. The molecule has 5 nitrogen and oxygen atoms in total. The summed E-state index contributed by atoms with van der Waals surface area (Å²) >= 11 is 0. The largest absolute Gasteiger partial charge is 0.489 e. The van der Waals surface area contributed by atoms with E-state index in [4.69, 9.17) is 9.84 Å². The second-order valence-electron chi connectivity index (χ2n) is 7.88. The van der Waals surface area contributed by atoms with E-state index >= 15 is 0 Å². The molecule has 1 heterocycles. The molecular weight excluding hydrogens is 352 g/mol. The Kier molecular flexibility index (Phi) is 6.02. The van der Waals surface area contributed by atoms with Gasteiger partial charge in [0.25, 0.3) is 0 Å². The third-order valence-corrected chi connectivity index (χ3v) is 4.96. The zero-order valence-corrected chi connectivity index (χ0v) is 17.0. The lowest BCUT2D eigenvalue weighted by Crippen LogP contribution is -2.06. The normalized spacial score (nSPS) is 12.5. The molecule has 3 rings (SSSR count). The van der Waals surface area contributed by atoms with Gasteiger partial charge < -0.3 is 9.84 Å². The lowest BCUT2D eigenvalue weighted by atomic mass is 9.98. The van der Waals surface area contributed by atoms with Crippen LogP contribution >= 0.6 is 0 Å². The van der Waals surface area contributed by atoms with Gasteiger partial charge in [-0.05, 0) is 42.0 Å². The van der Waals surface area contributed by atoms with E-state index in [0.717, 1.165) is 28.8 Å². The Hall–Kier alpha value is -2.82. The van der Waals surface area contributed by atoms with Crippen LogP contribution in [0.15, 0.2) is 42.6 Å². The van der Waals surface area contributed by atoms with Crippen molar-refractivity contribution in [3.05, 3.63) is 59.3 Å². The molecule has 1 aromatic heterocycles. The van der Waals surface area contributed by atoms with E-state index in [0.29, 0.717) is 12.5 Å². The number of aromatic nitrogens is 2. The molecule has 28 heavy (non-hydrogen) atoms. The first-order chi connectivity index (χ1) is 13.3. The number of carboxylic acids is 1. The van der Waals surface area contributed by atoms with E-state index in [9.17, 15) is 4.79 Å². The summed E-state index contributed by atoms with van der Waals surface area (Å²) in [7, 11) is 0. The summed E-state index contributed by atoms with van der Waals surface area (Å²) < 4.78 is 8.07. The second kappa shape index (κ2) is 8.46. The molecule has 2 aromatic carbocycles. The van der Waals surface area contributed by atoms with Crippen LogP contribution in [0.2, 0.25) is 0 Å². The topological polar surface area (TPSA) is 64.3 Å². The molecule has 0 radical (unpaired) electrons. The standard InChI is InChI=1S/C23H28N2O3/c1-15(2)13-25-23-16(3)5-6-19(21(23)12-24-25)14-28-20-9-7-18(8-10-20)17(4)11-22(26)27/h5-10,12,15,17H,11,13-14H2,1-4H3,(H,26,27). The number of ether oxygens (including phenoxy) is 1. The minimum atomic E-state index is -0.783. The monoisotopic (exact) mass is 380 g/mol. The Balaban J connectivity index is 1.74. The highest BCUT2D eigenvalue weighted by molar-refractivity contribution is 5.85. The SMILES string of the molecule is Cc1ccc(COc2ccc(C(C)CC(=O)O)cc2)c2cnn(CC(C)C)c12. The average molecular weight is 380 g/mol. The van der Waals surface area contributed by atoms with Crippen molar-refractivity contribution in [3.8, 4) is 5.75 Å². The first-order valence-electron chi connectivity index (χ1n) is 9.73. The van der Waals surface area contributed by atoms with Gasteiger partial charge in [-0.2, -0.15) is 5.10 Å². The maximum atomic E-state index is 10.9. The number of carbonyl (C=O) groups is 1. The van der Waals surface area contributed by atoms with Crippen LogP contribution in [0.25, 0.3) is 10.9 Å². The van der Waals surface area contributed by atoms with Crippen LogP contribution in [0.3, 0.4) is 0 Å². The highest BCUT2D eigenvalue weighted by Gasteiger charge is 2.12. The number of rotatable bonds is 8. The van der Waals surface area contributed by atoms with Crippen molar-refractivity contribution in [2.75, 3.05) is 0 Å². The van der Waals surface area contributed by atoms with Gasteiger partial charge in [-0.3, -0.25) is 9.48 Å². The summed E-state index contributed by atoms with van der Waals surface area (Å²) in [5.41, 5.74) is 4.50. The fourth-order valence-corrected chi connectivity index (χ4v) is 3.47. The van der Waals surface area contributed by atoms with Crippen LogP contribution in [0.5, 0.6) is 5.75 Å². The highest BCUT2D eigenvalue weighted by Crippen LogP contribution is 2.26. The Labute approximate surface area is 165 Å². The maximum Gasteiger partial charge on any atom is 0.303 e. The van der Waals surface area contributed by atoms with Gasteiger partial charge in [0, 0.05) is 17.5 Å². The summed E-state index contributed by atoms with van der Waals surface area (Å²) in [6.07, 6.45) is 2.06. The number of aryl methyl sites for hydroxylation is 1. The van der Waals surface area contributed by atoms with Crippen LogP contribution in [-0.4, -0.2) is 20.9 Å². The van der Waals surface area contributed by atoms with Gasteiger partial charge in [-0.25, -0.2) is 0 Å². The molecule has 0 aliphatic heterocycles. The number of carboxylic acid groups (broad SMARTS) is 1. The molecule has 148 valence electrons. The molecule has 0 bridgehead atoms. The first-order valence-corrected chi connectivity index (χ1v) is 9.73. The van der Waals surface area contributed by atoms with Gasteiger partial charge in [-0.15, -0.1) is 0 Å². The van der Waals surface area contributed by atoms with E-state index in [1.54, 1.807) is 0 Å².